The molecule has 4 saturated carbocycles. The van der Waals surface area contributed by atoms with Crippen molar-refractivity contribution in [2.24, 2.45) is 34.8 Å². The molecule has 4 rings (SSSR count). The fourth-order valence-electron chi connectivity index (χ4n) is 6.14. The normalized spacial score (nSPS) is 54.7. The van der Waals surface area contributed by atoms with Crippen LogP contribution in [-0.2, 0) is 0 Å². The van der Waals surface area contributed by atoms with Gasteiger partial charge in [-0.15, -0.1) is 0 Å². The Morgan fingerprint density at radius 3 is 2.53 bits per heavy atom. The molecule has 2 bridgehead atoms. The Labute approximate surface area is 104 Å². The van der Waals surface area contributed by atoms with Crippen LogP contribution in [0.1, 0.15) is 51.4 Å². The summed E-state index contributed by atoms with van der Waals surface area (Å²) in [6, 6.07) is 0. The Morgan fingerprint density at radius 1 is 1.12 bits per heavy atom. The van der Waals surface area contributed by atoms with Crippen molar-refractivity contribution in [3.05, 3.63) is 0 Å². The minimum atomic E-state index is -0.379. The summed E-state index contributed by atoms with van der Waals surface area (Å²) in [6.07, 6.45) is 10.3. The van der Waals surface area contributed by atoms with Gasteiger partial charge < -0.3 is 10.8 Å². The molecule has 4 aliphatic rings. The molecule has 2 heteroatoms. The van der Waals surface area contributed by atoms with Crippen LogP contribution in [0.4, 0.5) is 0 Å². The van der Waals surface area contributed by atoms with Gasteiger partial charge in [-0.25, -0.2) is 0 Å². The van der Waals surface area contributed by atoms with Gasteiger partial charge in [0.15, 0.2) is 0 Å². The van der Waals surface area contributed by atoms with Crippen molar-refractivity contribution in [3.63, 3.8) is 0 Å². The molecule has 0 aromatic carbocycles. The Bertz CT molecular complexity index is 332. The number of aliphatic hydroxyl groups is 1. The first kappa shape index (κ1) is 10.8. The van der Waals surface area contributed by atoms with Gasteiger partial charge in [0.2, 0.25) is 0 Å². The van der Waals surface area contributed by atoms with Gasteiger partial charge in [0.25, 0.3) is 0 Å². The molecule has 2 nitrogen and oxygen atoms in total. The summed E-state index contributed by atoms with van der Waals surface area (Å²) in [6.45, 7) is 0.712. The summed E-state index contributed by atoms with van der Waals surface area (Å²) in [5.41, 5.74) is 5.78. The van der Waals surface area contributed by atoms with Crippen LogP contribution < -0.4 is 5.73 Å². The fourth-order valence-corrected chi connectivity index (χ4v) is 6.14. The third-order valence-corrected chi connectivity index (χ3v) is 7.11. The summed E-state index contributed by atoms with van der Waals surface area (Å²) >= 11 is 0. The van der Waals surface area contributed by atoms with Crippen molar-refractivity contribution >= 4 is 0 Å². The van der Waals surface area contributed by atoms with Crippen molar-refractivity contribution < 1.29 is 5.11 Å². The van der Waals surface area contributed by atoms with Gasteiger partial charge in [-0.3, -0.25) is 0 Å². The van der Waals surface area contributed by atoms with E-state index in [-0.39, 0.29) is 11.0 Å². The zero-order valence-electron chi connectivity index (χ0n) is 10.7. The number of fused-ring (bicyclic) bond motifs is 5. The second-order valence-corrected chi connectivity index (χ2v) is 7.33. The highest BCUT2D eigenvalue weighted by molar-refractivity contribution is 5.18. The molecule has 0 radical (unpaired) electrons. The van der Waals surface area contributed by atoms with Gasteiger partial charge in [0.05, 0.1) is 5.60 Å². The van der Waals surface area contributed by atoms with E-state index in [1.807, 2.05) is 0 Å². The lowest BCUT2D eigenvalue weighted by Gasteiger charge is -2.56. The zero-order valence-corrected chi connectivity index (χ0v) is 10.7. The molecule has 4 aliphatic carbocycles. The maximum atomic E-state index is 11.3. The average molecular weight is 235 g/mol. The van der Waals surface area contributed by atoms with Gasteiger partial charge in [-0.1, -0.05) is 12.8 Å². The summed E-state index contributed by atoms with van der Waals surface area (Å²) in [7, 11) is 0. The molecule has 0 heterocycles. The lowest BCUT2D eigenvalue weighted by molar-refractivity contribution is -0.171. The Kier molecular flexibility index (Phi) is 2.08. The van der Waals surface area contributed by atoms with Gasteiger partial charge in [0.1, 0.15) is 0 Å². The zero-order chi connectivity index (χ0) is 11.7. The van der Waals surface area contributed by atoms with E-state index in [1.165, 1.54) is 44.9 Å². The van der Waals surface area contributed by atoms with Crippen molar-refractivity contribution in [1.29, 1.82) is 0 Å². The van der Waals surface area contributed by atoms with Crippen LogP contribution in [-0.4, -0.2) is 17.3 Å². The van der Waals surface area contributed by atoms with E-state index in [4.69, 9.17) is 5.73 Å². The second-order valence-electron chi connectivity index (χ2n) is 7.33. The molecule has 4 fully saturated rings. The van der Waals surface area contributed by atoms with E-state index in [2.05, 4.69) is 0 Å². The fraction of sp³-hybridized carbons (Fsp3) is 1.00. The summed E-state index contributed by atoms with van der Waals surface area (Å²) in [4.78, 5) is 0. The molecular weight excluding hydrogens is 210 g/mol. The number of rotatable bonds is 2. The smallest absolute Gasteiger partial charge is 0.0749 e. The largest absolute Gasteiger partial charge is 0.389 e. The third-order valence-electron chi connectivity index (χ3n) is 7.11. The predicted octanol–water partition coefficient (Wildman–Crippen LogP) is 2.30. The molecule has 17 heavy (non-hydrogen) atoms. The van der Waals surface area contributed by atoms with E-state index in [1.54, 1.807) is 0 Å². The molecule has 96 valence electrons. The van der Waals surface area contributed by atoms with E-state index in [0.29, 0.717) is 12.5 Å². The van der Waals surface area contributed by atoms with Gasteiger partial charge in [-0.05, 0) is 62.2 Å². The molecule has 0 amide bonds. The topological polar surface area (TPSA) is 46.2 Å². The lowest BCUT2D eigenvalue weighted by Crippen LogP contribution is -2.61. The van der Waals surface area contributed by atoms with Crippen molar-refractivity contribution in [1.82, 2.24) is 0 Å². The minimum Gasteiger partial charge on any atom is -0.389 e. The highest BCUT2D eigenvalue weighted by atomic mass is 16.3. The molecule has 0 aliphatic heterocycles. The number of hydrogen-bond donors (Lipinski definition) is 2. The third kappa shape index (κ3) is 1.10. The second kappa shape index (κ2) is 3.27. The van der Waals surface area contributed by atoms with Gasteiger partial charge in [0, 0.05) is 12.0 Å². The van der Waals surface area contributed by atoms with E-state index >= 15 is 0 Å². The first-order valence-corrected chi connectivity index (χ1v) is 7.63. The number of nitrogens with two attached hydrogens (primary N) is 1. The maximum Gasteiger partial charge on any atom is 0.0749 e. The van der Waals surface area contributed by atoms with Crippen LogP contribution in [0.25, 0.3) is 0 Å². The summed E-state index contributed by atoms with van der Waals surface area (Å²) in [5.74, 6) is 3.25. The van der Waals surface area contributed by atoms with Crippen LogP contribution in [0.15, 0.2) is 0 Å². The molecule has 0 saturated heterocycles. The molecule has 5 unspecified atom stereocenters. The van der Waals surface area contributed by atoms with Crippen LogP contribution in [0.5, 0.6) is 0 Å². The van der Waals surface area contributed by atoms with E-state index in [0.717, 1.165) is 24.2 Å². The van der Waals surface area contributed by atoms with Crippen molar-refractivity contribution in [3.8, 4) is 0 Å². The monoisotopic (exact) mass is 235 g/mol. The quantitative estimate of drug-likeness (QED) is 0.771. The molecular formula is C15H25NO. The lowest BCUT2D eigenvalue weighted by atomic mass is 9.52. The number of hydrogen-bond acceptors (Lipinski definition) is 2. The van der Waals surface area contributed by atoms with Crippen LogP contribution >= 0.6 is 0 Å². The SMILES string of the molecule is NCC1(C2(O)CC3CC2C2CCCC32)CCC1. The van der Waals surface area contributed by atoms with E-state index in [9.17, 15) is 5.11 Å². The van der Waals surface area contributed by atoms with Gasteiger partial charge in [-0.2, -0.15) is 0 Å². The highest BCUT2D eigenvalue weighted by Gasteiger charge is 2.67. The van der Waals surface area contributed by atoms with Crippen molar-refractivity contribution in [2.45, 2.75) is 57.0 Å². The molecule has 0 aromatic rings. The van der Waals surface area contributed by atoms with Crippen molar-refractivity contribution in [2.75, 3.05) is 6.54 Å². The maximum absolute atomic E-state index is 11.3. The molecule has 0 aromatic heterocycles. The first-order valence-electron chi connectivity index (χ1n) is 7.63. The van der Waals surface area contributed by atoms with E-state index < -0.39 is 0 Å². The van der Waals surface area contributed by atoms with Crippen LogP contribution in [0, 0.1) is 29.1 Å². The Morgan fingerprint density at radius 2 is 1.88 bits per heavy atom. The van der Waals surface area contributed by atoms with Crippen LogP contribution in [0.2, 0.25) is 0 Å². The van der Waals surface area contributed by atoms with Gasteiger partial charge >= 0.3 is 0 Å². The first-order chi connectivity index (χ1) is 8.20. The highest BCUT2D eigenvalue weighted by Crippen LogP contribution is 2.68. The Balaban J connectivity index is 1.68. The minimum absolute atomic E-state index is 0.111. The molecule has 5 atom stereocenters. The van der Waals surface area contributed by atoms with Crippen LogP contribution in [0.3, 0.4) is 0 Å². The summed E-state index contributed by atoms with van der Waals surface area (Å²) < 4.78 is 0. The standard InChI is InChI=1S/C15H25NO/c16-9-14(5-2-6-14)15(17)8-10-7-13(15)12-4-1-3-11(10)12/h10-13,17H,1-9,16H2. The average Bonchev–Trinajstić information content (AvgIpc) is 2.85. The Hall–Kier alpha value is -0.0800. The summed E-state index contributed by atoms with van der Waals surface area (Å²) in [5, 5.41) is 11.3. The molecule has 3 N–H and O–H groups in total. The molecule has 0 spiro atoms. The predicted molar refractivity (Wildman–Crippen MR) is 67.3 cm³/mol.